The molecule has 154 valence electrons. The predicted octanol–water partition coefficient (Wildman–Crippen LogP) is 4.08. The predicted molar refractivity (Wildman–Crippen MR) is 113 cm³/mol. The van der Waals surface area contributed by atoms with Gasteiger partial charge >= 0.3 is 0 Å². The minimum atomic E-state index is -0.369. The smallest absolute Gasteiger partial charge is 0.209 e. The molecule has 0 saturated heterocycles. The number of hydrogen-bond donors (Lipinski definition) is 1. The molecule has 1 aliphatic heterocycles. The molecule has 1 aliphatic carbocycles. The van der Waals surface area contributed by atoms with E-state index in [0.717, 1.165) is 46.7 Å². The zero-order valence-electron chi connectivity index (χ0n) is 17.2. The number of allylic oxidation sites excluding steroid dienone is 2. The molecule has 5 rings (SSSR count). The molecule has 1 aromatic heterocycles. The molecule has 0 saturated carbocycles. The van der Waals surface area contributed by atoms with Crippen LogP contribution in [0.5, 0.6) is 17.2 Å². The summed E-state index contributed by atoms with van der Waals surface area (Å²) >= 11 is 0. The zero-order chi connectivity index (χ0) is 20.8. The Labute approximate surface area is 174 Å². The molecule has 7 nitrogen and oxygen atoms in total. The number of fused-ring (bicyclic) bond motifs is 3. The van der Waals surface area contributed by atoms with E-state index in [9.17, 15) is 4.79 Å². The van der Waals surface area contributed by atoms with Crippen molar-refractivity contribution in [3.05, 3.63) is 53.2 Å². The van der Waals surface area contributed by atoms with Crippen molar-refractivity contribution in [1.82, 2.24) is 9.55 Å². The molecule has 1 atom stereocenters. The van der Waals surface area contributed by atoms with Gasteiger partial charge < -0.3 is 19.5 Å². The minimum Gasteiger partial charge on any atom is -0.493 e. The average Bonchev–Trinajstić information content (AvgIpc) is 3.14. The van der Waals surface area contributed by atoms with Crippen molar-refractivity contribution in [2.45, 2.75) is 25.3 Å². The number of Topliss-reactive ketones (excluding diaryl/α,β-unsaturated/α-hetero) is 1. The van der Waals surface area contributed by atoms with Crippen molar-refractivity contribution in [2.24, 2.45) is 0 Å². The number of anilines is 1. The Kier molecular flexibility index (Phi) is 4.38. The van der Waals surface area contributed by atoms with E-state index in [4.69, 9.17) is 19.2 Å². The first-order chi connectivity index (χ1) is 14.7. The van der Waals surface area contributed by atoms with Crippen LogP contribution < -0.4 is 19.5 Å². The topological polar surface area (TPSA) is 74.6 Å². The Bertz CT molecular complexity index is 1190. The van der Waals surface area contributed by atoms with Crippen LogP contribution in [0.25, 0.3) is 11.0 Å². The van der Waals surface area contributed by atoms with Crippen LogP contribution in [0, 0.1) is 0 Å². The summed E-state index contributed by atoms with van der Waals surface area (Å²) in [5.74, 6) is 2.51. The van der Waals surface area contributed by atoms with Crippen LogP contribution in [0.3, 0.4) is 0 Å². The van der Waals surface area contributed by atoms with E-state index >= 15 is 0 Å². The third kappa shape index (κ3) is 2.58. The second-order valence-electron chi connectivity index (χ2n) is 7.41. The van der Waals surface area contributed by atoms with Crippen LogP contribution in [0.1, 0.15) is 30.9 Å². The van der Waals surface area contributed by atoms with Gasteiger partial charge in [-0.1, -0.05) is 12.1 Å². The molecule has 2 heterocycles. The van der Waals surface area contributed by atoms with Gasteiger partial charge in [0.25, 0.3) is 0 Å². The average molecular weight is 405 g/mol. The van der Waals surface area contributed by atoms with Crippen LogP contribution in [0.15, 0.2) is 47.7 Å². The Balaban J connectivity index is 1.84. The van der Waals surface area contributed by atoms with Crippen molar-refractivity contribution in [2.75, 3.05) is 26.6 Å². The van der Waals surface area contributed by atoms with Gasteiger partial charge in [0.05, 0.1) is 38.4 Å². The lowest BCUT2D eigenvalue weighted by Crippen LogP contribution is -2.31. The molecule has 0 amide bonds. The van der Waals surface area contributed by atoms with E-state index in [0.29, 0.717) is 23.7 Å². The molecule has 0 fully saturated rings. The number of nitrogens with one attached hydrogen (secondary N) is 1. The Morgan fingerprint density at radius 3 is 2.57 bits per heavy atom. The van der Waals surface area contributed by atoms with Crippen molar-refractivity contribution < 1.29 is 19.0 Å². The van der Waals surface area contributed by atoms with Gasteiger partial charge in [-0.05, 0) is 37.1 Å². The Morgan fingerprint density at radius 2 is 1.80 bits per heavy atom. The maximum atomic E-state index is 13.1. The SMILES string of the molecule is COc1ccc([C@@H]2C3=C(CCCC3=O)Nc3nc4ccccc4n32)c(OC)c1OC. The lowest BCUT2D eigenvalue weighted by molar-refractivity contribution is -0.116. The molecule has 0 radical (unpaired) electrons. The van der Waals surface area contributed by atoms with E-state index in [1.807, 2.05) is 36.4 Å². The number of aromatic nitrogens is 2. The van der Waals surface area contributed by atoms with Crippen LogP contribution >= 0.6 is 0 Å². The largest absolute Gasteiger partial charge is 0.493 e. The molecule has 0 unspecified atom stereocenters. The lowest BCUT2D eigenvalue weighted by Gasteiger charge is -2.34. The summed E-state index contributed by atoms with van der Waals surface area (Å²) in [5.41, 5.74) is 4.37. The standard InChI is InChI=1S/C23H23N3O4/c1-28-18-12-11-13(21(29-2)22(18)30-3)20-19-15(8-6-10-17(19)27)25-23-24-14-7-4-5-9-16(14)26(20)23/h4-5,7,9,11-12,20H,6,8,10H2,1-3H3,(H,24,25)/t20-/m1/s1. The highest BCUT2D eigenvalue weighted by Gasteiger charge is 2.38. The summed E-state index contributed by atoms with van der Waals surface area (Å²) in [5, 5.41) is 3.42. The summed E-state index contributed by atoms with van der Waals surface area (Å²) in [6.07, 6.45) is 2.19. The summed E-state index contributed by atoms with van der Waals surface area (Å²) in [4.78, 5) is 17.9. The zero-order valence-corrected chi connectivity index (χ0v) is 17.2. The number of rotatable bonds is 4. The van der Waals surface area contributed by atoms with Gasteiger partial charge in [0.1, 0.15) is 0 Å². The molecule has 2 aliphatic rings. The number of hydrogen-bond acceptors (Lipinski definition) is 6. The third-order valence-corrected chi connectivity index (χ3v) is 5.88. The molecule has 1 N–H and O–H groups in total. The van der Waals surface area contributed by atoms with E-state index in [1.165, 1.54) is 0 Å². The van der Waals surface area contributed by atoms with Crippen LogP contribution in [-0.2, 0) is 4.79 Å². The second-order valence-corrected chi connectivity index (χ2v) is 7.41. The van der Waals surface area contributed by atoms with Crippen molar-refractivity contribution in [3.8, 4) is 17.2 Å². The van der Waals surface area contributed by atoms with Gasteiger partial charge in [0.15, 0.2) is 17.3 Å². The number of carbonyl (C=O) groups excluding carboxylic acids is 1. The second kappa shape index (κ2) is 7.09. The molecule has 7 heteroatoms. The summed E-state index contributed by atoms with van der Waals surface area (Å²) in [7, 11) is 4.78. The minimum absolute atomic E-state index is 0.147. The van der Waals surface area contributed by atoms with E-state index in [2.05, 4.69) is 9.88 Å². The quantitative estimate of drug-likeness (QED) is 0.705. The maximum Gasteiger partial charge on any atom is 0.209 e. The fourth-order valence-electron chi connectivity index (χ4n) is 4.60. The fraction of sp³-hybridized carbons (Fsp3) is 0.304. The third-order valence-electron chi connectivity index (χ3n) is 5.88. The molecular formula is C23H23N3O4. The Morgan fingerprint density at radius 1 is 1.00 bits per heavy atom. The molecule has 2 aromatic carbocycles. The summed E-state index contributed by atoms with van der Waals surface area (Å²) in [6.45, 7) is 0. The fourth-order valence-corrected chi connectivity index (χ4v) is 4.60. The molecule has 0 bridgehead atoms. The highest BCUT2D eigenvalue weighted by Crippen LogP contribution is 2.49. The van der Waals surface area contributed by atoms with Gasteiger partial charge in [0.2, 0.25) is 11.7 Å². The van der Waals surface area contributed by atoms with E-state index < -0.39 is 0 Å². The molecule has 30 heavy (non-hydrogen) atoms. The van der Waals surface area contributed by atoms with Crippen molar-refractivity contribution in [3.63, 3.8) is 0 Å². The van der Waals surface area contributed by atoms with E-state index in [1.54, 1.807) is 21.3 Å². The Hall–Kier alpha value is -3.48. The van der Waals surface area contributed by atoms with Gasteiger partial charge in [-0.25, -0.2) is 4.98 Å². The van der Waals surface area contributed by atoms with Crippen LogP contribution in [0.4, 0.5) is 5.95 Å². The molecule has 0 spiro atoms. The molecular weight excluding hydrogens is 382 g/mol. The number of carbonyl (C=O) groups is 1. The maximum absolute atomic E-state index is 13.1. The number of ether oxygens (including phenoxy) is 3. The highest BCUT2D eigenvalue weighted by atomic mass is 16.5. The highest BCUT2D eigenvalue weighted by molar-refractivity contribution is 6.00. The number of methoxy groups -OCH3 is 3. The first-order valence-corrected chi connectivity index (χ1v) is 9.97. The first-order valence-electron chi connectivity index (χ1n) is 9.97. The summed E-state index contributed by atoms with van der Waals surface area (Å²) in [6, 6.07) is 11.4. The normalized spacial score (nSPS) is 18.0. The van der Waals surface area contributed by atoms with Crippen LogP contribution in [0.2, 0.25) is 0 Å². The van der Waals surface area contributed by atoms with Gasteiger partial charge in [-0.15, -0.1) is 0 Å². The number of imidazole rings is 1. The van der Waals surface area contributed by atoms with Crippen LogP contribution in [-0.4, -0.2) is 36.7 Å². The number of para-hydroxylation sites is 2. The number of nitrogens with zero attached hydrogens (tertiary/aromatic N) is 2. The lowest BCUT2D eigenvalue weighted by atomic mass is 9.84. The molecule has 3 aromatic rings. The number of ketones is 1. The van der Waals surface area contributed by atoms with Gasteiger partial charge in [-0.2, -0.15) is 0 Å². The number of benzene rings is 2. The monoisotopic (exact) mass is 405 g/mol. The van der Waals surface area contributed by atoms with Gasteiger partial charge in [-0.3, -0.25) is 9.36 Å². The first kappa shape index (κ1) is 18.5. The summed E-state index contributed by atoms with van der Waals surface area (Å²) < 4.78 is 18.9. The van der Waals surface area contributed by atoms with Crippen molar-refractivity contribution >= 4 is 22.8 Å². The van der Waals surface area contributed by atoms with Gasteiger partial charge in [0, 0.05) is 23.3 Å². The van der Waals surface area contributed by atoms with Crippen molar-refractivity contribution in [1.29, 1.82) is 0 Å². The van der Waals surface area contributed by atoms with E-state index in [-0.39, 0.29) is 11.8 Å².